The quantitative estimate of drug-likeness (QED) is 0.707. The molecule has 3 heteroatoms. The van der Waals surface area contributed by atoms with Crippen LogP contribution in [0.2, 0.25) is 0 Å². The molecule has 1 N–H and O–H groups in total. The molecular formula is C13H25NO2. The summed E-state index contributed by atoms with van der Waals surface area (Å²) in [4.78, 5) is 13.5. The molecule has 0 radical (unpaired) electrons. The molecule has 3 nitrogen and oxygen atoms in total. The number of nitrogens with zero attached hydrogens (tertiary/aromatic N) is 1. The highest BCUT2D eigenvalue weighted by Crippen LogP contribution is 2.30. The standard InChI is InChI=1S/C13H25NO2/c1-4-5-6-7-8-9-14-10-13(2,3)11(15)12(14)16/h11,15H,4-10H2,1-3H3. The van der Waals surface area contributed by atoms with Crippen molar-refractivity contribution in [2.45, 2.75) is 59.0 Å². The second-order valence-electron chi connectivity index (χ2n) is 5.57. The van der Waals surface area contributed by atoms with Crippen LogP contribution in [0.1, 0.15) is 52.9 Å². The van der Waals surface area contributed by atoms with Crippen molar-refractivity contribution in [3.63, 3.8) is 0 Å². The summed E-state index contributed by atoms with van der Waals surface area (Å²) in [5.74, 6) is -0.0829. The molecule has 16 heavy (non-hydrogen) atoms. The molecule has 0 aromatic heterocycles. The molecule has 1 amide bonds. The lowest BCUT2D eigenvalue weighted by atomic mass is 9.90. The van der Waals surface area contributed by atoms with Crippen molar-refractivity contribution in [1.29, 1.82) is 0 Å². The summed E-state index contributed by atoms with van der Waals surface area (Å²) in [5.41, 5.74) is -0.277. The van der Waals surface area contributed by atoms with E-state index in [2.05, 4.69) is 6.92 Å². The lowest BCUT2D eigenvalue weighted by Crippen LogP contribution is -2.31. The minimum atomic E-state index is -0.803. The van der Waals surface area contributed by atoms with Gasteiger partial charge in [-0.1, -0.05) is 46.5 Å². The van der Waals surface area contributed by atoms with E-state index in [9.17, 15) is 9.90 Å². The average Bonchev–Trinajstić information content (AvgIpc) is 2.42. The largest absolute Gasteiger partial charge is 0.383 e. The van der Waals surface area contributed by atoms with Gasteiger partial charge in [-0.25, -0.2) is 0 Å². The first-order valence-corrected chi connectivity index (χ1v) is 6.46. The molecule has 0 aromatic carbocycles. The Hall–Kier alpha value is -0.570. The summed E-state index contributed by atoms with van der Waals surface area (Å²) in [6.45, 7) is 7.60. The molecule has 1 rings (SSSR count). The first kappa shape index (κ1) is 13.5. The molecule has 1 saturated heterocycles. The number of aliphatic hydroxyl groups excluding tert-OH is 1. The fourth-order valence-corrected chi connectivity index (χ4v) is 2.26. The first-order valence-electron chi connectivity index (χ1n) is 6.46. The van der Waals surface area contributed by atoms with Gasteiger partial charge in [0.05, 0.1) is 0 Å². The Labute approximate surface area is 98.8 Å². The number of likely N-dealkylation sites (tertiary alicyclic amines) is 1. The van der Waals surface area contributed by atoms with E-state index in [4.69, 9.17) is 0 Å². The Balaban J connectivity index is 2.26. The van der Waals surface area contributed by atoms with Crippen LogP contribution in [0.3, 0.4) is 0 Å². The fraction of sp³-hybridized carbons (Fsp3) is 0.923. The van der Waals surface area contributed by atoms with Crippen LogP contribution in [0.25, 0.3) is 0 Å². The van der Waals surface area contributed by atoms with E-state index in [1.807, 2.05) is 18.7 Å². The summed E-state index contributed by atoms with van der Waals surface area (Å²) in [5, 5.41) is 9.75. The summed E-state index contributed by atoms with van der Waals surface area (Å²) < 4.78 is 0. The van der Waals surface area contributed by atoms with Crippen LogP contribution in [0.5, 0.6) is 0 Å². The van der Waals surface area contributed by atoms with E-state index in [-0.39, 0.29) is 11.3 Å². The lowest BCUT2D eigenvalue weighted by Gasteiger charge is -2.19. The number of hydrogen-bond acceptors (Lipinski definition) is 2. The first-order chi connectivity index (χ1) is 7.49. The molecule has 0 aliphatic carbocycles. The summed E-state index contributed by atoms with van der Waals surface area (Å²) >= 11 is 0. The molecule has 94 valence electrons. The number of carbonyl (C=O) groups is 1. The number of unbranched alkanes of at least 4 members (excludes halogenated alkanes) is 4. The number of hydrogen-bond donors (Lipinski definition) is 1. The van der Waals surface area contributed by atoms with E-state index in [0.717, 1.165) is 13.0 Å². The number of carbonyl (C=O) groups excluding carboxylic acids is 1. The maximum atomic E-state index is 11.7. The van der Waals surface area contributed by atoms with Gasteiger partial charge in [-0.2, -0.15) is 0 Å². The van der Waals surface area contributed by atoms with Gasteiger partial charge in [0, 0.05) is 18.5 Å². The molecule has 0 aromatic rings. The molecule has 1 heterocycles. The van der Waals surface area contributed by atoms with Crippen molar-refractivity contribution in [3.8, 4) is 0 Å². The Morgan fingerprint density at radius 3 is 2.44 bits per heavy atom. The zero-order valence-electron chi connectivity index (χ0n) is 10.8. The zero-order chi connectivity index (χ0) is 12.2. The highest BCUT2D eigenvalue weighted by Gasteiger charge is 2.44. The monoisotopic (exact) mass is 227 g/mol. The lowest BCUT2D eigenvalue weighted by molar-refractivity contribution is -0.135. The van der Waals surface area contributed by atoms with Crippen LogP contribution >= 0.6 is 0 Å². The van der Waals surface area contributed by atoms with E-state index < -0.39 is 6.10 Å². The van der Waals surface area contributed by atoms with Gasteiger partial charge >= 0.3 is 0 Å². The third-order valence-electron chi connectivity index (χ3n) is 3.42. The maximum absolute atomic E-state index is 11.7. The molecule has 1 atom stereocenters. The topological polar surface area (TPSA) is 40.5 Å². The Morgan fingerprint density at radius 1 is 1.31 bits per heavy atom. The second kappa shape index (κ2) is 5.67. The SMILES string of the molecule is CCCCCCCN1CC(C)(C)C(O)C1=O. The zero-order valence-corrected chi connectivity index (χ0v) is 10.8. The minimum Gasteiger partial charge on any atom is -0.383 e. The van der Waals surface area contributed by atoms with Gasteiger partial charge in [0.1, 0.15) is 6.10 Å². The second-order valence-corrected chi connectivity index (χ2v) is 5.57. The predicted octanol–water partition coefficient (Wildman–Crippen LogP) is 2.19. The minimum absolute atomic E-state index is 0.0829. The predicted molar refractivity (Wildman–Crippen MR) is 65.1 cm³/mol. The third kappa shape index (κ3) is 3.21. The molecule has 1 fully saturated rings. The van der Waals surface area contributed by atoms with Crippen molar-refractivity contribution in [2.24, 2.45) is 5.41 Å². The smallest absolute Gasteiger partial charge is 0.252 e. The number of rotatable bonds is 6. The van der Waals surface area contributed by atoms with Crippen LogP contribution < -0.4 is 0 Å². The highest BCUT2D eigenvalue weighted by molar-refractivity contribution is 5.84. The highest BCUT2D eigenvalue weighted by atomic mass is 16.3. The van der Waals surface area contributed by atoms with Crippen LogP contribution in [-0.2, 0) is 4.79 Å². The van der Waals surface area contributed by atoms with Crippen molar-refractivity contribution >= 4 is 5.91 Å². The Bertz CT molecular complexity index is 238. The maximum Gasteiger partial charge on any atom is 0.252 e. The number of amides is 1. The summed E-state index contributed by atoms with van der Waals surface area (Å²) in [6.07, 6.45) is 5.23. The van der Waals surface area contributed by atoms with Gasteiger partial charge in [-0.3, -0.25) is 4.79 Å². The van der Waals surface area contributed by atoms with Crippen LogP contribution in [-0.4, -0.2) is 35.1 Å². The molecule has 1 unspecified atom stereocenters. The van der Waals surface area contributed by atoms with Gasteiger partial charge in [0.15, 0.2) is 0 Å². The average molecular weight is 227 g/mol. The van der Waals surface area contributed by atoms with E-state index in [1.54, 1.807) is 0 Å². The van der Waals surface area contributed by atoms with Crippen LogP contribution in [0, 0.1) is 5.41 Å². The van der Waals surface area contributed by atoms with Crippen molar-refractivity contribution in [3.05, 3.63) is 0 Å². The Kier molecular flexibility index (Phi) is 4.78. The van der Waals surface area contributed by atoms with E-state index in [0.29, 0.717) is 6.54 Å². The van der Waals surface area contributed by atoms with Crippen molar-refractivity contribution in [1.82, 2.24) is 4.90 Å². The van der Waals surface area contributed by atoms with Crippen molar-refractivity contribution in [2.75, 3.05) is 13.1 Å². The molecule has 0 saturated carbocycles. The summed E-state index contributed by atoms with van der Waals surface area (Å²) in [7, 11) is 0. The van der Waals surface area contributed by atoms with Gasteiger partial charge in [0.2, 0.25) is 0 Å². The molecule has 1 aliphatic rings. The summed E-state index contributed by atoms with van der Waals surface area (Å²) in [6, 6.07) is 0. The third-order valence-corrected chi connectivity index (χ3v) is 3.42. The molecule has 0 bridgehead atoms. The molecular weight excluding hydrogens is 202 g/mol. The van der Waals surface area contributed by atoms with E-state index in [1.165, 1.54) is 25.7 Å². The molecule has 0 spiro atoms. The number of aliphatic hydroxyl groups is 1. The van der Waals surface area contributed by atoms with Gasteiger partial charge in [0.25, 0.3) is 5.91 Å². The molecule has 1 aliphatic heterocycles. The van der Waals surface area contributed by atoms with E-state index >= 15 is 0 Å². The van der Waals surface area contributed by atoms with Gasteiger partial charge in [-0.15, -0.1) is 0 Å². The van der Waals surface area contributed by atoms with Crippen LogP contribution in [0.15, 0.2) is 0 Å². The van der Waals surface area contributed by atoms with Gasteiger partial charge in [-0.05, 0) is 6.42 Å². The normalized spacial score (nSPS) is 24.1. The Morgan fingerprint density at radius 2 is 1.94 bits per heavy atom. The van der Waals surface area contributed by atoms with Crippen molar-refractivity contribution < 1.29 is 9.90 Å². The van der Waals surface area contributed by atoms with Crippen LogP contribution in [0.4, 0.5) is 0 Å². The fourth-order valence-electron chi connectivity index (χ4n) is 2.26. The van der Waals surface area contributed by atoms with Gasteiger partial charge < -0.3 is 10.0 Å².